The molecule has 1 aliphatic carbocycles. The first kappa shape index (κ1) is 22.5. The van der Waals surface area contributed by atoms with E-state index in [1.165, 1.54) is 0 Å². The number of aromatic nitrogens is 1. The van der Waals surface area contributed by atoms with Gasteiger partial charge in [-0.05, 0) is 51.2 Å². The van der Waals surface area contributed by atoms with Crippen molar-refractivity contribution in [2.24, 2.45) is 13.0 Å². The van der Waals surface area contributed by atoms with Gasteiger partial charge in [0.1, 0.15) is 6.54 Å². The van der Waals surface area contributed by atoms with Gasteiger partial charge in [0.15, 0.2) is 0 Å². The Morgan fingerprint density at radius 1 is 1.21 bits per heavy atom. The Morgan fingerprint density at radius 3 is 2.43 bits per heavy atom. The van der Waals surface area contributed by atoms with Gasteiger partial charge in [0, 0.05) is 36.9 Å². The summed E-state index contributed by atoms with van der Waals surface area (Å²) in [5.74, 6) is 0.278. The normalized spacial score (nSPS) is 15.9. The van der Waals surface area contributed by atoms with Crippen molar-refractivity contribution in [3.05, 3.63) is 24.0 Å². The van der Waals surface area contributed by atoms with Crippen molar-refractivity contribution in [3.63, 3.8) is 0 Å². The smallest absolute Gasteiger partial charge is 0.242 e. The number of rotatable bonds is 12. The van der Waals surface area contributed by atoms with Crippen LogP contribution in [-0.2, 0) is 23.2 Å². The Hall–Kier alpha value is -1.78. The van der Waals surface area contributed by atoms with Crippen LogP contribution < -0.4 is 0 Å². The molecule has 2 rings (SSSR count). The molecule has 1 aromatic rings. The maximum atomic E-state index is 13.2. The molecule has 0 aromatic carbocycles. The van der Waals surface area contributed by atoms with Gasteiger partial charge < -0.3 is 14.4 Å². The zero-order chi connectivity index (χ0) is 20.7. The molecular formula is C23H39N3O2. The fourth-order valence-electron chi connectivity index (χ4n) is 3.74. The summed E-state index contributed by atoms with van der Waals surface area (Å²) in [6, 6.07) is 4.50. The average molecular weight is 390 g/mol. The van der Waals surface area contributed by atoms with Crippen LogP contribution in [0.2, 0.25) is 0 Å². The quantitative estimate of drug-likeness (QED) is 0.533. The van der Waals surface area contributed by atoms with Gasteiger partial charge in [-0.2, -0.15) is 0 Å². The van der Waals surface area contributed by atoms with E-state index in [1.807, 2.05) is 29.1 Å². The lowest BCUT2D eigenvalue weighted by Gasteiger charge is -2.33. The van der Waals surface area contributed by atoms with Gasteiger partial charge in [0.25, 0.3) is 0 Å². The molecule has 28 heavy (non-hydrogen) atoms. The summed E-state index contributed by atoms with van der Waals surface area (Å²) < 4.78 is 2.07. The zero-order valence-electron chi connectivity index (χ0n) is 18.5. The third-order valence-corrected chi connectivity index (χ3v) is 6.15. The number of unbranched alkanes of at least 4 members (excludes halogenated alkanes) is 1. The van der Waals surface area contributed by atoms with E-state index in [9.17, 15) is 9.59 Å². The highest BCUT2D eigenvalue weighted by molar-refractivity contribution is 5.86. The first-order valence-electron chi connectivity index (χ1n) is 11.1. The largest absolute Gasteiger partial charge is 0.353 e. The number of nitrogens with zero attached hydrogens (tertiary/aromatic N) is 3. The lowest BCUT2D eigenvalue weighted by Crippen LogP contribution is -2.49. The van der Waals surface area contributed by atoms with Crippen LogP contribution in [0.5, 0.6) is 0 Å². The maximum Gasteiger partial charge on any atom is 0.242 e. The standard InChI is InChI=1S/C23H39N3O2/c1-6-9-11-19(8-3)23(28)25(18(4)7-2)17-22(27)26(20-13-14-20)16-21-12-10-15-24(21)5/h10,12,15,18-20H,6-9,11,13-14,16-17H2,1-5H3. The molecule has 0 N–H and O–H groups in total. The van der Waals surface area contributed by atoms with E-state index < -0.39 is 0 Å². The first-order valence-corrected chi connectivity index (χ1v) is 11.1. The van der Waals surface area contributed by atoms with Gasteiger partial charge in [-0.1, -0.05) is 33.6 Å². The molecule has 1 heterocycles. The fourth-order valence-corrected chi connectivity index (χ4v) is 3.74. The number of aryl methyl sites for hydroxylation is 1. The summed E-state index contributed by atoms with van der Waals surface area (Å²) in [5, 5.41) is 0. The minimum atomic E-state index is 0.0315. The van der Waals surface area contributed by atoms with Crippen molar-refractivity contribution in [1.82, 2.24) is 14.4 Å². The molecule has 5 heteroatoms. The van der Waals surface area contributed by atoms with Crippen LogP contribution in [0.4, 0.5) is 0 Å². The second-order valence-electron chi connectivity index (χ2n) is 8.33. The number of carbonyl (C=O) groups excluding carboxylic acids is 2. The highest BCUT2D eigenvalue weighted by Crippen LogP contribution is 2.29. The predicted molar refractivity (Wildman–Crippen MR) is 114 cm³/mol. The van der Waals surface area contributed by atoms with Crippen LogP contribution in [0.25, 0.3) is 0 Å². The van der Waals surface area contributed by atoms with Crippen molar-refractivity contribution in [2.75, 3.05) is 6.54 Å². The van der Waals surface area contributed by atoms with E-state index >= 15 is 0 Å². The van der Waals surface area contributed by atoms with Crippen LogP contribution in [0.15, 0.2) is 18.3 Å². The molecule has 1 aliphatic rings. The number of hydrogen-bond donors (Lipinski definition) is 0. The Balaban J connectivity index is 2.11. The van der Waals surface area contributed by atoms with E-state index in [-0.39, 0.29) is 30.3 Å². The van der Waals surface area contributed by atoms with E-state index in [0.717, 1.165) is 50.6 Å². The van der Waals surface area contributed by atoms with Gasteiger partial charge >= 0.3 is 0 Å². The van der Waals surface area contributed by atoms with Crippen molar-refractivity contribution in [3.8, 4) is 0 Å². The van der Waals surface area contributed by atoms with Crippen LogP contribution in [0, 0.1) is 5.92 Å². The summed E-state index contributed by atoms with van der Waals surface area (Å²) in [5.41, 5.74) is 1.14. The third-order valence-electron chi connectivity index (χ3n) is 6.15. The lowest BCUT2D eigenvalue weighted by atomic mass is 9.96. The molecule has 0 radical (unpaired) electrons. The molecule has 1 saturated carbocycles. The molecule has 0 saturated heterocycles. The minimum absolute atomic E-state index is 0.0315. The summed E-state index contributed by atoms with van der Waals surface area (Å²) in [6.07, 6.45) is 8.94. The molecule has 158 valence electrons. The topological polar surface area (TPSA) is 45.6 Å². The van der Waals surface area contributed by atoms with Crippen LogP contribution in [0.3, 0.4) is 0 Å². The van der Waals surface area contributed by atoms with Crippen LogP contribution in [0.1, 0.15) is 78.3 Å². The van der Waals surface area contributed by atoms with Crippen molar-refractivity contribution in [1.29, 1.82) is 0 Å². The fraction of sp³-hybridized carbons (Fsp3) is 0.739. The molecule has 1 fully saturated rings. The van der Waals surface area contributed by atoms with Crippen molar-refractivity contribution >= 4 is 11.8 Å². The Labute approximate surface area is 171 Å². The Morgan fingerprint density at radius 2 is 1.93 bits per heavy atom. The number of amides is 2. The van der Waals surface area contributed by atoms with Crippen molar-refractivity contribution < 1.29 is 9.59 Å². The Bertz CT molecular complexity index is 636. The summed E-state index contributed by atoms with van der Waals surface area (Å²) in [6.45, 7) is 9.23. The maximum absolute atomic E-state index is 13.2. The molecule has 2 unspecified atom stereocenters. The molecule has 2 amide bonds. The minimum Gasteiger partial charge on any atom is -0.353 e. The second kappa shape index (κ2) is 10.7. The van der Waals surface area contributed by atoms with Crippen LogP contribution in [-0.4, -0.2) is 44.8 Å². The molecule has 0 bridgehead atoms. The van der Waals surface area contributed by atoms with Crippen LogP contribution >= 0.6 is 0 Å². The van der Waals surface area contributed by atoms with Gasteiger partial charge in [-0.25, -0.2) is 0 Å². The van der Waals surface area contributed by atoms with Crippen molar-refractivity contribution in [2.45, 2.75) is 91.3 Å². The highest BCUT2D eigenvalue weighted by Gasteiger charge is 2.35. The van der Waals surface area contributed by atoms with E-state index in [2.05, 4.69) is 38.3 Å². The molecule has 1 aromatic heterocycles. The Kier molecular flexibility index (Phi) is 8.58. The van der Waals surface area contributed by atoms with E-state index in [1.54, 1.807) is 0 Å². The SMILES string of the molecule is CCCCC(CC)C(=O)N(CC(=O)N(Cc1cccn1C)C1CC1)C(C)CC. The van der Waals surface area contributed by atoms with Gasteiger partial charge in [-0.3, -0.25) is 9.59 Å². The van der Waals surface area contributed by atoms with Gasteiger partial charge in [-0.15, -0.1) is 0 Å². The molecule has 0 aliphatic heterocycles. The lowest BCUT2D eigenvalue weighted by molar-refractivity contribution is -0.145. The third kappa shape index (κ3) is 5.86. The molecule has 2 atom stereocenters. The monoisotopic (exact) mass is 389 g/mol. The van der Waals surface area contributed by atoms with Gasteiger partial charge in [0.2, 0.25) is 11.8 Å². The number of hydrogen-bond acceptors (Lipinski definition) is 2. The number of carbonyl (C=O) groups is 2. The van der Waals surface area contributed by atoms with E-state index in [0.29, 0.717) is 12.6 Å². The summed E-state index contributed by atoms with van der Waals surface area (Å²) >= 11 is 0. The summed E-state index contributed by atoms with van der Waals surface area (Å²) in [4.78, 5) is 30.3. The molecule has 0 spiro atoms. The molecular weight excluding hydrogens is 350 g/mol. The molecule has 5 nitrogen and oxygen atoms in total. The average Bonchev–Trinajstić information content (AvgIpc) is 3.45. The predicted octanol–water partition coefficient (Wildman–Crippen LogP) is 4.36. The second-order valence-corrected chi connectivity index (χ2v) is 8.33. The first-order chi connectivity index (χ1) is 13.4. The highest BCUT2D eigenvalue weighted by atomic mass is 16.2. The summed E-state index contributed by atoms with van der Waals surface area (Å²) in [7, 11) is 2.01. The van der Waals surface area contributed by atoms with Gasteiger partial charge in [0.05, 0.1) is 6.54 Å². The van der Waals surface area contributed by atoms with E-state index in [4.69, 9.17) is 0 Å². The zero-order valence-corrected chi connectivity index (χ0v) is 18.5.